The Balaban J connectivity index is 1.42. The predicted molar refractivity (Wildman–Crippen MR) is 152 cm³/mol. The number of nitrogens with zero attached hydrogens (tertiary/aromatic N) is 3. The van der Waals surface area contributed by atoms with Gasteiger partial charge in [0.2, 0.25) is 5.91 Å². The summed E-state index contributed by atoms with van der Waals surface area (Å²) in [6.07, 6.45) is 2.23. The van der Waals surface area contributed by atoms with Crippen LogP contribution in [0.3, 0.4) is 0 Å². The molecule has 3 aromatic carbocycles. The van der Waals surface area contributed by atoms with Gasteiger partial charge in [-0.15, -0.1) is 0 Å². The Morgan fingerprint density at radius 2 is 1.42 bits per heavy atom. The second kappa shape index (κ2) is 12.8. The van der Waals surface area contributed by atoms with Crippen molar-refractivity contribution >= 4 is 17.5 Å². The summed E-state index contributed by atoms with van der Waals surface area (Å²) in [5.41, 5.74) is 4.48. The minimum Gasteiger partial charge on any atom is -0.336 e. The normalized spacial score (nSPS) is 14.1. The first-order valence-electron chi connectivity index (χ1n) is 13.6. The zero-order valence-electron chi connectivity index (χ0n) is 22.7. The van der Waals surface area contributed by atoms with Crippen molar-refractivity contribution in [1.82, 2.24) is 9.80 Å². The first-order valence-corrected chi connectivity index (χ1v) is 13.6. The van der Waals surface area contributed by atoms with Crippen LogP contribution in [0.4, 0.5) is 10.1 Å². The van der Waals surface area contributed by atoms with Crippen molar-refractivity contribution in [3.63, 3.8) is 0 Å². The molecule has 2 amide bonds. The molecule has 200 valence electrons. The van der Waals surface area contributed by atoms with Crippen LogP contribution in [0.25, 0.3) is 11.1 Å². The second-order valence-electron chi connectivity index (χ2n) is 10.3. The van der Waals surface area contributed by atoms with Gasteiger partial charge in [0.1, 0.15) is 5.82 Å². The molecule has 0 aromatic heterocycles. The highest BCUT2D eigenvalue weighted by atomic mass is 19.1. The molecule has 1 aliphatic rings. The Hall–Kier alpha value is -3.51. The lowest BCUT2D eigenvalue weighted by Crippen LogP contribution is -2.50. The highest BCUT2D eigenvalue weighted by molar-refractivity contribution is 5.95. The molecule has 0 saturated carbocycles. The highest BCUT2D eigenvalue weighted by Gasteiger charge is 2.23. The van der Waals surface area contributed by atoms with Crippen LogP contribution in [0.1, 0.15) is 56.0 Å². The van der Waals surface area contributed by atoms with Crippen LogP contribution < -0.4 is 4.90 Å². The molecule has 0 radical (unpaired) electrons. The van der Waals surface area contributed by atoms with Crippen molar-refractivity contribution in [3.05, 3.63) is 89.7 Å². The van der Waals surface area contributed by atoms with Crippen molar-refractivity contribution in [3.8, 4) is 11.1 Å². The van der Waals surface area contributed by atoms with Crippen LogP contribution in [0.5, 0.6) is 0 Å². The maximum Gasteiger partial charge on any atom is 0.253 e. The molecule has 1 aliphatic heterocycles. The Labute approximate surface area is 225 Å². The summed E-state index contributed by atoms with van der Waals surface area (Å²) in [6, 6.07) is 22.5. The topological polar surface area (TPSA) is 43.9 Å². The standard InChI is InChI=1S/C32H38FN3O2/c1-4-5-6-31(37)36(30-17-15-29(33)16-18-30)23-25-7-9-26(10-8-25)27-11-13-28(14-12-27)32(38)35-21-19-34(20-22-35)24(2)3/h7-18,24H,4-6,19-23H2,1-3H3. The Morgan fingerprint density at radius 1 is 0.842 bits per heavy atom. The molecule has 0 bridgehead atoms. The highest BCUT2D eigenvalue weighted by Crippen LogP contribution is 2.24. The van der Waals surface area contributed by atoms with Gasteiger partial charge in [0.15, 0.2) is 0 Å². The molecule has 5 nitrogen and oxygen atoms in total. The van der Waals surface area contributed by atoms with E-state index >= 15 is 0 Å². The lowest BCUT2D eigenvalue weighted by atomic mass is 10.0. The van der Waals surface area contributed by atoms with Crippen LogP contribution >= 0.6 is 0 Å². The van der Waals surface area contributed by atoms with Crippen molar-refractivity contribution in [1.29, 1.82) is 0 Å². The van der Waals surface area contributed by atoms with Gasteiger partial charge >= 0.3 is 0 Å². The molecule has 0 atom stereocenters. The maximum atomic E-state index is 13.5. The lowest BCUT2D eigenvalue weighted by Gasteiger charge is -2.37. The van der Waals surface area contributed by atoms with E-state index in [0.717, 1.165) is 55.7 Å². The molecule has 0 N–H and O–H groups in total. The molecule has 4 rings (SSSR count). The van der Waals surface area contributed by atoms with Gasteiger partial charge < -0.3 is 9.80 Å². The summed E-state index contributed by atoms with van der Waals surface area (Å²) in [5.74, 6) is -0.196. The van der Waals surface area contributed by atoms with Gasteiger partial charge in [0.25, 0.3) is 5.91 Å². The molecule has 6 heteroatoms. The third-order valence-electron chi connectivity index (χ3n) is 7.28. The van der Waals surface area contributed by atoms with E-state index in [0.29, 0.717) is 30.3 Å². The van der Waals surface area contributed by atoms with Gasteiger partial charge in [0, 0.05) is 49.9 Å². The number of carbonyl (C=O) groups is 2. The van der Waals surface area contributed by atoms with E-state index in [1.165, 1.54) is 12.1 Å². The number of hydrogen-bond acceptors (Lipinski definition) is 3. The molecule has 1 heterocycles. The van der Waals surface area contributed by atoms with Gasteiger partial charge in [-0.05, 0) is 73.4 Å². The van der Waals surface area contributed by atoms with Crippen molar-refractivity contribution in [2.75, 3.05) is 31.1 Å². The van der Waals surface area contributed by atoms with Gasteiger partial charge in [-0.3, -0.25) is 14.5 Å². The number of carbonyl (C=O) groups excluding carboxylic acids is 2. The molecule has 0 unspecified atom stereocenters. The molecule has 1 fully saturated rings. The summed E-state index contributed by atoms with van der Waals surface area (Å²) in [4.78, 5) is 32.0. The number of anilines is 1. The first kappa shape index (κ1) is 27.5. The number of unbranched alkanes of at least 4 members (excludes halogenated alkanes) is 1. The summed E-state index contributed by atoms with van der Waals surface area (Å²) in [7, 11) is 0. The van der Waals surface area contributed by atoms with E-state index in [4.69, 9.17) is 0 Å². The number of benzene rings is 3. The maximum absolute atomic E-state index is 13.5. The molecule has 1 saturated heterocycles. The van der Waals surface area contributed by atoms with E-state index in [9.17, 15) is 14.0 Å². The van der Waals surface area contributed by atoms with Gasteiger partial charge in [-0.2, -0.15) is 0 Å². The van der Waals surface area contributed by atoms with Crippen molar-refractivity contribution in [2.24, 2.45) is 0 Å². The number of rotatable bonds is 9. The SMILES string of the molecule is CCCCC(=O)N(Cc1ccc(-c2ccc(C(=O)N3CCN(C(C)C)CC3)cc2)cc1)c1ccc(F)cc1. The molecule has 3 aromatic rings. The molecule has 0 spiro atoms. The predicted octanol–water partition coefficient (Wildman–Crippen LogP) is 6.38. The van der Waals surface area contributed by atoms with Crippen molar-refractivity contribution in [2.45, 2.75) is 52.6 Å². The summed E-state index contributed by atoms with van der Waals surface area (Å²) < 4.78 is 13.5. The van der Waals surface area contributed by atoms with Crippen LogP contribution in [0, 0.1) is 5.82 Å². The van der Waals surface area contributed by atoms with E-state index in [-0.39, 0.29) is 17.6 Å². The second-order valence-corrected chi connectivity index (χ2v) is 10.3. The van der Waals surface area contributed by atoms with Crippen LogP contribution in [0.2, 0.25) is 0 Å². The average molecular weight is 516 g/mol. The fourth-order valence-corrected chi connectivity index (χ4v) is 4.82. The minimum atomic E-state index is -0.319. The minimum absolute atomic E-state index is 0.0356. The number of amides is 2. The quantitative estimate of drug-likeness (QED) is 0.332. The molecular formula is C32H38FN3O2. The zero-order chi connectivity index (χ0) is 27.1. The van der Waals surface area contributed by atoms with Crippen LogP contribution in [-0.4, -0.2) is 53.8 Å². The Kier molecular flexibility index (Phi) is 9.29. The number of piperazine rings is 1. The van der Waals surface area contributed by atoms with E-state index in [1.807, 2.05) is 53.4 Å². The number of halogens is 1. The van der Waals surface area contributed by atoms with Crippen molar-refractivity contribution < 1.29 is 14.0 Å². The summed E-state index contributed by atoms with van der Waals surface area (Å²) in [6.45, 7) is 10.2. The van der Waals surface area contributed by atoms with Crippen LogP contribution in [-0.2, 0) is 11.3 Å². The third kappa shape index (κ3) is 6.87. The fourth-order valence-electron chi connectivity index (χ4n) is 4.82. The summed E-state index contributed by atoms with van der Waals surface area (Å²) in [5, 5.41) is 0. The Morgan fingerprint density at radius 3 is 1.97 bits per heavy atom. The molecule has 0 aliphatic carbocycles. The Bertz CT molecular complexity index is 1200. The molecular weight excluding hydrogens is 477 g/mol. The van der Waals surface area contributed by atoms with Gasteiger partial charge in [-0.25, -0.2) is 4.39 Å². The first-order chi connectivity index (χ1) is 18.4. The lowest BCUT2D eigenvalue weighted by molar-refractivity contribution is -0.118. The summed E-state index contributed by atoms with van der Waals surface area (Å²) >= 11 is 0. The smallest absolute Gasteiger partial charge is 0.253 e. The van der Waals surface area contributed by atoms with Gasteiger partial charge in [0.05, 0.1) is 6.54 Å². The van der Waals surface area contributed by atoms with E-state index in [1.54, 1.807) is 17.0 Å². The van der Waals surface area contributed by atoms with Crippen LogP contribution in [0.15, 0.2) is 72.8 Å². The fraction of sp³-hybridized carbons (Fsp3) is 0.375. The van der Waals surface area contributed by atoms with E-state index < -0.39 is 0 Å². The number of hydrogen-bond donors (Lipinski definition) is 0. The third-order valence-corrected chi connectivity index (χ3v) is 7.28. The van der Waals surface area contributed by atoms with Gasteiger partial charge in [-0.1, -0.05) is 49.7 Å². The average Bonchev–Trinajstić information content (AvgIpc) is 2.95. The zero-order valence-corrected chi connectivity index (χ0v) is 22.7. The molecule has 38 heavy (non-hydrogen) atoms. The monoisotopic (exact) mass is 515 g/mol. The van der Waals surface area contributed by atoms with E-state index in [2.05, 4.69) is 25.7 Å². The largest absolute Gasteiger partial charge is 0.336 e.